The lowest BCUT2D eigenvalue weighted by Gasteiger charge is -2.20. The third kappa shape index (κ3) is 3.08. The molecule has 6 heteroatoms. The summed E-state index contributed by atoms with van der Waals surface area (Å²) in [5.41, 5.74) is 6.44. The number of fused-ring (bicyclic) bond motifs is 2. The summed E-state index contributed by atoms with van der Waals surface area (Å²) in [6.45, 7) is 4.91. The molecule has 134 valence electrons. The van der Waals surface area contributed by atoms with E-state index >= 15 is 0 Å². The minimum absolute atomic E-state index is 0.102. The third-order valence-corrected chi connectivity index (χ3v) is 5.06. The van der Waals surface area contributed by atoms with E-state index in [1.807, 2.05) is 30.9 Å². The minimum atomic E-state index is 0.102. The number of rotatable bonds is 4. The van der Waals surface area contributed by atoms with Crippen LogP contribution in [0.1, 0.15) is 41.8 Å². The maximum Gasteiger partial charge on any atom is 0.224 e. The van der Waals surface area contributed by atoms with E-state index in [0.29, 0.717) is 6.42 Å². The fourth-order valence-electron chi connectivity index (χ4n) is 3.51. The Balaban J connectivity index is 1.48. The van der Waals surface area contributed by atoms with Gasteiger partial charge in [0, 0.05) is 43.3 Å². The van der Waals surface area contributed by atoms with Gasteiger partial charge >= 0.3 is 0 Å². The third-order valence-electron chi connectivity index (χ3n) is 5.06. The second-order valence-electron chi connectivity index (χ2n) is 6.99. The van der Waals surface area contributed by atoms with Gasteiger partial charge in [0.2, 0.25) is 5.91 Å². The molecule has 0 bridgehead atoms. The smallest absolute Gasteiger partial charge is 0.224 e. The molecular weight excluding hydrogens is 326 g/mol. The van der Waals surface area contributed by atoms with Crippen LogP contribution in [0.5, 0.6) is 0 Å². The van der Waals surface area contributed by atoms with E-state index in [0.717, 1.165) is 40.9 Å². The molecule has 1 atom stereocenters. The van der Waals surface area contributed by atoms with Crippen LogP contribution < -0.4 is 10.6 Å². The molecule has 0 fully saturated rings. The number of aromatic nitrogens is 3. The summed E-state index contributed by atoms with van der Waals surface area (Å²) in [4.78, 5) is 16.0. The molecule has 1 aromatic carbocycles. The molecule has 0 saturated heterocycles. The molecule has 1 amide bonds. The molecule has 26 heavy (non-hydrogen) atoms. The van der Waals surface area contributed by atoms with E-state index < -0.39 is 0 Å². The van der Waals surface area contributed by atoms with Gasteiger partial charge in [-0.25, -0.2) is 4.98 Å². The lowest BCUT2D eigenvalue weighted by molar-refractivity contribution is -0.116. The normalized spacial score (nSPS) is 15.0. The second kappa shape index (κ2) is 6.53. The van der Waals surface area contributed by atoms with Gasteiger partial charge in [0.15, 0.2) is 5.65 Å². The van der Waals surface area contributed by atoms with Crippen LogP contribution in [0.15, 0.2) is 30.5 Å². The number of carbonyl (C=O) groups is 1. The molecule has 0 saturated carbocycles. The summed E-state index contributed by atoms with van der Waals surface area (Å²) in [5.74, 6) is 0.102. The molecule has 0 spiro atoms. The van der Waals surface area contributed by atoms with Crippen LogP contribution in [0, 0.1) is 6.92 Å². The van der Waals surface area contributed by atoms with Gasteiger partial charge in [-0.3, -0.25) is 9.48 Å². The lowest BCUT2D eigenvalue weighted by Crippen LogP contribution is -2.21. The van der Waals surface area contributed by atoms with Crippen molar-refractivity contribution in [3.63, 3.8) is 0 Å². The molecule has 2 aromatic heterocycles. The second-order valence-corrected chi connectivity index (χ2v) is 6.99. The summed E-state index contributed by atoms with van der Waals surface area (Å²) in [5, 5.41) is 12.0. The van der Waals surface area contributed by atoms with Crippen LogP contribution in [0.4, 0.5) is 5.69 Å². The molecule has 0 unspecified atom stereocenters. The quantitative estimate of drug-likeness (QED) is 0.759. The Hall–Kier alpha value is -2.73. The van der Waals surface area contributed by atoms with Crippen LogP contribution in [0.25, 0.3) is 11.0 Å². The molecule has 4 rings (SSSR count). The van der Waals surface area contributed by atoms with Crippen molar-refractivity contribution < 1.29 is 4.79 Å². The maximum absolute atomic E-state index is 11.5. The lowest BCUT2D eigenvalue weighted by atomic mass is 9.97. The zero-order chi connectivity index (χ0) is 18.3. The first-order chi connectivity index (χ1) is 12.5. The van der Waals surface area contributed by atoms with Gasteiger partial charge < -0.3 is 10.6 Å². The van der Waals surface area contributed by atoms with Gasteiger partial charge in [0.05, 0.1) is 5.69 Å². The van der Waals surface area contributed by atoms with Crippen molar-refractivity contribution in [2.75, 3.05) is 5.32 Å². The Morgan fingerprint density at radius 1 is 1.31 bits per heavy atom. The summed E-state index contributed by atoms with van der Waals surface area (Å²) in [6.07, 6.45) is 3.28. The Morgan fingerprint density at radius 3 is 3.00 bits per heavy atom. The molecule has 3 heterocycles. The van der Waals surface area contributed by atoms with E-state index in [1.165, 1.54) is 11.1 Å². The number of anilines is 1. The van der Waals surface area contributed by atoms with Crippen molar-refractivity contribution in [2.45, 2.75) is 39.3 Å². The summed E-state index contributed by atoms with van der Waals surface area (Å²) < 4.78 is 1.82. The molecular formula is C20H23N5O. The first-order valence-electron chi connectivity index (χ1n) is 8.95. The number of hydrogen-bond acceptors (Lipinski definition) is 4. The average molecular weight is 349 g/mol. The standard InChI is InChI=1S/C20H23N5O/c1-12(15-4-6-18-16(9-15)5-7-19(26)23-18)21-10-14-8-17-13(2)24-25(3)20(17)22-11-14/h4,6,8-9,11-12,21H,5,7,10H2,1-3H3,(H,23,26)/t12-/m0/s1. The Morgan fingerprint density at radius 2 is 2.15 bits per heavy atom. The van der Waals surface area contributed by atoms with Crippen LogP contribution in [0.2, 0.25) is 0 Å². The van der Waals surface area contributed by atoms with Gasteiger partial charge in [-0.2, -0.15) is 5.10 Å². The predicted octanol–water partition coefficient (Wildman–Crippen LogP) is 3.01. The zero-order valence-electron chi connectivity index (χ0n) is 15.3. The van der Waals surface area contributed by atoms with Gasteiger partial charge in [-0.05, 0) is 49.1 Å². The van der Waals surface area contributed by atoms with E-state index in [9.17, 15) is 4.79 Å². The first kappa shape index (κ1) is 16.7. The number of benzene rings is 1. The van der Waals surface area contributed by atoms with E-state index in [-0.39, 0.29) is 11.9 Å². The average Bonchev–Trinajstić information content (AvgIpc) is 2.93. The number of amides is 1. The van der Waals surface area contributed by atoms with Crippen molar-refractivity contribution in [2.24, 2.45) is 7.05 Å². The van der Waals surface area contributed by atoms with Crippen molar-refractivity contribution in [3.05, 3.63) is 52.8 Å². The zero-order valence-corrected chi connectivity index (χ0v) is 15.3. The van der Waals surface area contributed by atoms with Crippen molar-refractivity contribution >= 4 is 22.6 Å². The molecule has 1 aliphatic heterocycles. The van der Waals surface area contributed by atoms with Crippen LogP contribution in [0.3, 0.4) is 0 Å². The van der Waals surface area contributed by atoms with Gasteiger partial charge in [-0.1, -0.05) is 12.1 Å². The number of hydrogen-bond donors (Lipinski definition) is 2. The first-order valence-corrected chi connectivity index (χ1v) is 8.95. The number of carbonyl (C=O) groups excluding carboxylic acids is 1. The Labute approximate surface area is 152 Å². The number of nitrogens with one attached hydrogen (secondary N) is 2. The molecule has 0 radical (unpaired) electrons. The van der Waals surface area contributed by atoms with E-state index in [1.54, 1.807) is 0 Å². The van der Waals surface area contributed by atoms with Crippen LogP contribution >= 0.6 is 0 Å². The van der Waals surface area contributed by atoms with Gasteiger partial charge in [0.1, 0.15) is 0 Å². The van der Waals surface area contributed by atoms with Gasteiger partial charge in [-0.15, -0.1) is 0 Å². The fourth-order valence-corrected chi connectivity index (χ4v) is 3.51. The highest BCUT2D eigenvalue weighted by Gasteiger charge is 2.16. The highest BCUT2D eigenvalue weighted by molar-refractivity contribution is 5.93. The monoisotopic (exact) mass is 349 g/mol. The summed E-state index contributed by atoms with van der Waals surface area (Å²) >= 11 is 0. The highest BCUT2D eigenvalue weighted by atomic mass is 16.1. The Bertz CT molecular complexity index is 991. The minimum Gasteiger partial charge on any atom is -0.326 e. The van der Waals surface area contributed by atoms with Crippen LogP contribution in [-0.2, 0) is 24.8 Å². The Kier molecular flexibility index (Phi) is 4.20. The summed E-state index contributed by atoms with van der Waals surface area (Å²) in [6, 6.07) is 8.65. The topological polar surface area (TPSA) is 71.8 Å². The van der Waals surface area contributed by atoms with Crippen molar-refractivity contribution in [3.8, 4) is 0 Å². The van der Waals surface area contributed by atoms with Crippen LogP contribution in [-0.4, -0.2) is 20.7 Å². The van der Waals surface area contributed by atoms with Crippen molar-refractivity contribution in [1.29, 1.82) is 0 Å². The fraction of sp³-hybridized carbons (Fsp3) is 0.350. The highest BCUT2D eigenvalue weighted by Crippen LogP contribution is 2.26. The molecule has 2 N–H and O–H groups in total. The molecule has 6 nitrogen and oxygen atoms in total. The summed E-state index contributed by atoms with van der Waals surface area (Å²) in [7, 11) is 1.92. The largest absolute Gasteiger partial charge is 0.326 e. The molecule has 0 aliphatic carbocycles. The van der Waals surface area contributed by atoms with Gasteiger partial charge in [0.25, 0.3) is 0 Å². The number of nitrogens with zero attached hydrogens (tertiary/aromatic N) is 3. The van der Waals surface area contributed by atoms with E-state index in [4.69, 9.17) is 0 Å². The molecule has 3 aromatic rings. The predicted molar refractivity (Wildman–Crippen MR) is 102 cm³/mol. The van der Waals surface area contributed by atoms with E-state index in [2.05, 4.69) is 45.8 Å². The molecule has 1 aliphatic rings. The van der Waals surface area contributed by atoms with Crippen molar-refractivity contribution in [1.82, 2.24) is 20.1 Å². The number of pyridine rings is 1. The number of aryl methyl sites for hydroxylation is 3. The SMILES string of the molecule is Cc1nn(C)c2ncc(CN[C@@H](C)c3ccc4c(c3)CCC(=O)N4)cc12. The maximum atomic E-state index is 11.5.